The standard InChI is InChI=1S/C44H25N3S2/c1-2-13-27(14-3-1)39-43-40(33-17-7-9-23-37(33)49-43)46-44(45-39)47-35-25-24-26-12-4-5-15-28(26)38(35)34-21-10-18-30(41(34)47)32-20-11-19-31-29-16-6-8-22-36(29)48-42(31)32/h1-25H. The van der Waals surface area contributed by atoms with Crippen molar-refractivity contribution in [2.24, 2.45) is 0 Å². The summed E-state index contributed by atoms with van der Waals surface area (Å²) in [6.45, 7) is 0. The Morgan fingerprint density at radius 3 is 1.96 bits per heavy atom. The van der Waals surface area contributed by atoms with Crippen molar-refractivity contribution < 1.29 is 0 Å². The lowest BCUT2D eigenvalue weighted by Crippen LogP contribution is -2.03. The fraction of sp³-hybridized carbons (Fsp3) is 0. The molecular weight excluding hydrogens is 635 g/mol. The highest BCUT2D eigenvalue weighted by Crippen LogP contribution is 2.46. The summed E-state index contributed by atoms with van der Waals surface area (Å²) >= 11 is 3.64. The predicted molar refractivity (Wildman–Crippen MR) is 211 cm³/mol. The van der Waals surface area contributed by atoms with Crippen LogP contribution in [-0.4, -0.2) is 14.5 Å². The number of fused-ring (bicyclic) bond motifs is 11. The Morgan fingerprint density at radius 1 is 0.449 bits per heavy atom. The normalized spacial score (nSPS) is 12.1. The topological polar surface area (TPSA) is 30.7 Å². The van der Waals surface area contributed by atoms with E-state index < -0.39 is 0 Å². The van der Waals surface area contributed by atoms with Crippen molar-refractivity contribution in [2.75, 3.05) is 0 Å². The molecule has 0 radical (unpaired) electrons. The number of benzene rings is 7. The van der Waals surface area contributed by atoms with Gasteiger partial charge < -0.3 is 0 Å². The summed E-state index contributed by atoms with van der Waals surface area (Å²) in [6.07, 6.45) is 0. The minimum Gasteiger partial charge on any atom is -0.277 e. The Hall–Kier alpha value is -5.88. The average Bonchev–Trinajstić information content (AvgIpc) is 3.84. The fourth-order valence-electron chi connectivity index (χ4n) is 7.69. The summed E-state index contributed by atoms with van der Waals surface area (Å²) in [5.74, 6) is 0.682. The van der Waals surface area contributed by atoms with Gasteiger partial charge in [-0.05, 0) is 29.0 Å². The molecule has 0 saturated heterocycles. The molecule has 5 heteroatoms. The maximum absolute atomic E-state index is 5.49. The number of para-hydroxylation sites is 1. The predicted octanol–water partition coefficient (Wildman–Crippen LogP) is 12.8. The van der Waals surface area contributed by atoms with Gasteiger partial charge >= 0.3 is 0 Å². The number of rotatable bonds is 3. The van der Waals surface area contributed by atoms with Crippen LogP contribution in [0.25, 0.3) is 101 Å². The first-order valence-electron chi connectivity index (χ1n) is 16.4. The van der Waals surface area contributed by atoms with Crippen LogP contribution in [0.2, 0.25) is 0 Å². The largest absolute Gasteiger partial charge is 0.277 e. The van der Waals surface area contributed by atoms with Crippen LogP contribution in [0, 0.1) is 0 Å². The van der Waals surface area contributed by atoms with E-state index in [9.17, 15) is 0 Å². The van der Waals surface area contributed by atoms with Crippen molar-refractivity contribution in [3.05, 3.63) is 152 Å². The Labute approximate surface area is 289 Å². The van der Waals surface area contributed by atoms with Crippen LogP contribution in [0.15, 0.2) is 152 Å². The molecule has 0 aliphatic rings. The molecule has 7 aromatic carbocycles. The lowest BCUT2D eigenvalue weighted by atomic mass is 9.98. The Morgan fingerprint density at radius 2 is 1.10 bits per heavy atom. The second-order valence-corrected chi connectivity index (χ2v) is 14.6. The van der Waals surface area contributed by atoms with E-state index in [2.05, 4.69) is 156 Å². The van der Waals surface area contributed by atoms with Crippen molar-refractivity contribution in [2.45, 2.75) is 0 Å². The van der Waals surface area contributed by atoms with Gasteiger partial charge in [-0.1, -0.05) is 133 Å². The molecule has 3 nitrogen and oxygen atoms in total. The Bertz CT molecular complexity index is 3110. The van der Waals surface area contributed by atoms with Crippen molar-refractivity contribution in [3.8, 4) is 28.3 Å². The van der Waals surface area contributed by atoms with E-state index in [4.69, 9.17) is 9.97 Å². The van der Waals surface area contributed by atoms with Gasteiger partial charge in [-0.25, -0.2) is 9.97 Å². The van der Waals surface area contributed by atoms with Gasteiger partial charge in [0.1, 0.15) is 0 Å². The van der Waals surface area contributed by atoms with E-state index >= 15 is 0 Å². The van der Waals surface area contributed by atoms with Gasteiger partial charge in [0.25, 0.3) is 0 Å². The molecule has 228 valence electrons. The zero-order valence-corrected chi connectivity index (χ0v) is 27.7. The maximum Gasteiger partial charge on any atom is 0.235 e. The molecule has 4 aromatic heterocycles. The number of hydrogen-bond donors (Lipinski definition) is 0. The molecule has 0 saturated carbocycles. The maximum atomic E-state index is 5.49. The van der Waals surface area contributed by atoms with Crippen LogP contribution in [-0.2, 0) is 0 Å². The molecular formula is C44H25N3S2. The molecule has 0 fully saturated rings. The van der Waals surface area contributed by atoms with Crippen LogP contribution in [0.4, 0.5) is 0 Å². The summed E-state index contributed by atoms with van der Waals surface area (Å²) in [7, 11) is 0. The lowest BCUT2D eigenvalue weighted by Gasteiger charge is -2.13. The molecule has 0 unspecified atom stereocenters. The zero-order valence-electron chi connectivity index (χ0n) is 26.1. The molecule has 11 aromatic rings. The van der Waals surface area contributed by atoms with Gasteiger partial charge in [0.2, 0.25) is 5.95 Å². The van der Waals surface area contributed by atoms with Crippen molar-refractivity contribution in [3.63, 3.8) is 0 Å². The van der Waals surface area contributed by atoms with E-state index in [1.807, 2.05) is 11.3 Å². The molecule has 4 heterocycles. The Kier molecular flexibility index (Phi) is 5.70. The molecule has 0 atom stereocenters. The van der Waals surface area contributed by atoms with Gasteiger partial charge in [0.15, 0.2) is 0 Å². The molecule has 0 N–H and O–H groups in total. The minimum absolute atomic E-state index is 0.682. The third-order valence-electron chi connectivity index (χ3n) is 9.83. The molecule has 11 rings (SSSR count). The highest BCUT2D eigenvalue weighted by atomic mass is 32.1. The summed E-state index contributed by atoms with van der Waals surface area (Å²) in [4.78, 5) is 11.0. The first-order chi connectivity index (χ1) is 24.3. The van der Waals surface area contributed by atoms with Crippen LogP contribution in [0.3, 0.4) is 0 Å². The van der Waals surface area contributed by atoms with Gasteiger partial charge in [0, 0.05) is 57.7 Å². The molecule has 0 aliphatic carbocycles. The van der Waals surface area contributed by atoms with Gasteiger partial charge in [-0.2, -0.15) is 0 Å². The van der Waals surface area contributed by atoms with E-state index in [1.54, 1.807) is 11.3 Å². The van der Waals surface area contributed by atoms with Crippen LogP contribution < -0.4 is 0 Å². The number of hydrogen-bond acceptors (Lipinski definition) is 4. The Balaban J connectivity index is 1.33. The highest BCUT2D eigenvalue weighted by molar-refractivity contribution is 7.26. The molecule has 0 spiro atoms. The zero-order chi connectivity index (χ0) is 32.1. The first kappa shape index (κ1) is 27.1. The second-order valence-electron chi connectivity index (χ2n) is 12.5. The molecule has 0 amide bonds. The summed E-state index contributed by atoms with van der Waals surface area (Å²) in [5, 5.41) is 8.61. The van der Waals surface area contributed by atoms with Crippen LogP contribution in [0.1, 0.15) is 0 Å². The SMILES string of the molecule is c1ccc(-c2nc(-n3c4ccc5ccccc5c4c4cccc(-c5cccc6c5sc5ccccc56)c43)nc3c2sc2ccccc23)cc1. The van der Waals surface area contributed by atoms with Crippen molar-refractivity contribution in [1.29, 1.82) is 0 Å². The van der Waals surface area contributed by atoms with Crippen molar-refractivity contribution in [1.82, 2.24) is 14.5 Å². The number of nitrogens with zero attached hydrogens (tertiary/aromatic N) is 3. The van der Waals surface area contributed by atoms with Gasteiger partial charge in [0.05, 0.1) is 26.9 Å². The van der Waals surface area contributed by atoms with Gasteiger partial charge in [-0.3, -0.25) is 4.57 Å². The molecule has 0 bridgehead atoms. The van der Waals surface area contributed by atoms with E-state index in [1.165, 1.54) is 57.5 Å². The lowest BCUT2D eigenvalue weighted by molar-refractivity contribution is 1.02. The van der Waals surface area contributed by atoms with Crippen LogP contribution >= 0.6 is 22.7 Å². The fourth-order valence-corrected chi connectivity index (χ4v) is 10.1. The third-order valence-corrected chi connectivity index (χ3v) is 12.2. The average molecular weight is 660 g/mol. The summed E-state index contributed by atoms with van der Waals surface area (Å²) in [6, 6.07) is 54.5. The summed E-state index contributed by atoms with van der Waals surface area (Å²) < 4.78 is 7.25. The monoisotopic (exact) mass is 659 g/mol. The molecule has 49 heavy (non-hydrogen) atoms. The van der Waals surface area contributed by atoms with E-state index in [0.717, 1.165) is 37.9 Å². The molecule has 0 aliphatic heterocycles. The third kappa shape index (κ3) is 3.88. The smallest absolute Gasteiger partial charge is 0.235 e. The van der Waals surface area contributed by atoms with E-state index in [-0.39, 0.29) is 0 Å². The van der Waals surface area contributed by atoms with E-state index in [0.29, 0.717) is 5.95 Å². The minimum atomic E-state index is 0.682. The summed E-state index contributed by atoms with van der Waals surface area (Å²) in [5.41, 5.74) is 7.66. The number of thiophene rings is 2. The number of aromatic nitrogens is 3. The second kappa shape index (κ2) is 10.3. The van der Waals surface area contributed by atoms with Crippen molar-refractivity contribution >= 4 is 95.7 Å². The highest BCUT2D eigenvalue weighted by Gasteiger charge is 2.23. The van der Waals surface area contributed by atoms with Crippen LogP contribution in [0.5, 0.6) is 0 Å². The van der Waals surface area contributed by atoms with Gasteiger partial charge in [-0.15, -0.1) is 22.7 Å². The quantitative estimate of drug-likeness (QED) is 0.189. The first-order valence-corrected chi connectivity index (χ1v) is 18.1.